The first-order chi connectivity index (χ1) is 9.61. The van der Waals surface area contributed by atoms with Crippen molar-refractivity contribution in [1.82, 2.24) is 4.98 Å². The molecule has 2 aromatic rings. The third kappa shape index (κ3) is 3.34. The van der Waals surface area contributed by atoms with Gasteiger partial charge in [0, 0.05) is 17.3 Å². The minimum atomic E-state index is -0.142. The van der Waals surface area contributed by atoms with E-state index in [4.69, 9.17) is 11.6 Å². The number of hydrogen-bond acceptors (Lipinski definition) is 5. The van der Waals surface area contributed by atoms with Gasteiger partial charge in [0.15, 0.2) is 5.13 Å². The quantitative estimate of drug-likeness (QED) is 0.642. The summed E-state index contributed by atoms with van der Waals surface area (Å²) < 4.78 is 0. The molecule has 0 spiro atoms. The highest BCUT2D eigenvalue weighted by molar-refractivity contribution is 7.14. The van der Waals surface area contributed by atoms with Crippen molar-refractivity contribution in [3.8, 4) is 0 Å². The number of rotatable bonds is 4. The molecule has 0 bridgehead atoms. The third-order valence-corrected chi connectivity index (χ3v) is 3.45. The van der Waals surface area contributed by atoms with E-state index in [1.807, 2.05) is 0 Å². The number of benzene rings is 1. The van der Waals surface area contributed by atoms with Gasteiger partial charge in [0.25, 0.3) is 0 Å². The van der Waals surface area contributed by atoms with Gasteiger partial charge in [-0.05, 0) is 18.2 Å². The van der Waals surface area contributed by atoms with Crippen LogP contribution in [0, 0.1) is 0 Å². The Morgan fingerprint density at radius 2 is 2.35 bits per heavy atom. The summed E-state index contributed by atoms with van der Waals surface area (Å²) in [6.45, 7) is 1.48. The van der Waals surface area contributed by atoms with Crippen LogP contribution in [0.1, 0.15) is 12.6 Å². The molecular formula is C13H12ClN3O2S. The standard InChI is InChI=1S/C13H12ClN3O2S/c1-9(18)17(12-5-3-4-10(14)6-12)13-16-11(8-20-13)7-15-19-2/h3-8H,1-2H3/b15-7+. The maximum Gasteiger partial charge on any atom is 0.230 e. The second-order valence-corrected chi connectivity index (χ2v) is 5.08. The first kappa shape index (κ1) is 14.5. The molecule has 0 aliphatic rings. The summed E-state index contributed by atoms with van der Waals surface area (Å²) in [5, 5.41) is 6.55. The Hall–Kier alpha value is -1.92. The van der Waals surface area contributed by atoms with Crippen molar-refractivity contribution in [2.45, 2.75) is 6.92 Å². The van der Waals surface area contributed by atoms with Crippen LogP contribution < -0.4 is 4.90 Å². The van der Waals surface area contributed by atoms with Crippen molar-refractivity contribution in [2.75, 3.05) is 12.0 Å². The van der Waals surface area contributed by atoms with E-state index in [0.717, 1.165) is 0 Å². The molecule has 0 saturated carbocycles. The molecule has 1 aromatic carbocycles. The molecule has 0 fully saturated rings. The monoisotopic (exact) mass is 309 g/mol. The number of anilines is 2. The second-order valence-electron chi connectivity index (χ2n) is 3.81. The van der Waals surface area contributed by atoms with Gasteiger partial charge in [0.2, 0.25) is 5.91 Å². The van der Waals surface area contributed by atoms with Gasteiger partial charge in [-0.1, -0.05) is 22.8 Å². The summed E-state index contributed by atoms with van der Waals surface area (Å²) in [6, 6.07) is 7.06. The van der Waals surface area contributed by atoms with Crippen LogP contribution >= 0.6 is 22.9 Å². The van der Waals surface area contributed by atoms with Crippen molar-refractivity contribution in [2.24, 2.45) is 5.16 Å². The van der Waals surface area contributed by atoms with Gasteiger partial charge in [-0.15, -0.1) is 11.3 Å². The molecule has 20 heavy (non-hydrogen) atoms. The Balaban J connectivity index is 2.36. The molecule has 0 unspecified atom stereocenters. The van der Waals surface area contributed by atoms with E-state index >= 15 is 0 Å². The molecule has 1 aromatic heterocycles. The number of carbonyl (C=O) groups excluding carboxylic acids is 1. The van der Waals surface area contributed by atoms with Gasteiger partial charge in [-0.2, -0.15) is 0 Å². The summed E-state index contributed by atoms with van der Waals surface area (Å²) in [5.41, 5.74) is 1.30. The number of oxime groups is 1. The Morgan fingerprint density at radius 1 is 1.55 bits per heavy atom. The molecule has 0 aliphatic heterocycles. The molecule has 0 radical (unpaired) electrons. The first-order valence-electron chi connectivity index (χ1n) is 5.70. The van der Waals surface area contributed by atoms with Crippen LogP contribution in [0.2, 0.25) is 5.02 Å². The van der Waals surface area contributed by atoms with Crippen LogP contribution in [-0.2, 0) is 9.63 Å². The summed E-state index contributed by atoms with van der Waals surface area (Å²) >= 11 is 7.30. The predicted octanol–water partition coefficient (Wildman–Crippen LogP) is 3.46. The lowest BCUT2D eigenvalue weighted by molar-refractivity contribution is -0.115. The normalized spacial score (nSPS) is 10.8. The van der Waals surface area contributed by atoms with Gasteiger partial charge < -0.3 is 4.84 Å². The Labute approximate surface area is 125 Å². The lowest BCUT2D eigenvalue weighted by Gasteiger charge is -2.17. The Bertz CT molecular complexity index is 642. The van der Waals surface area contributed by atoms with Gasteiger partial charge in [0.1, 0.15) is 7.11 Å². The SMILES string of the molecule is CO/N=C/c1csc(N(C(C)=O)c2cccc(Cl)c2)n1. The number of halogens is 1. The van der Waals surface area contributed by atoms with E-state index in [1.54, 1.807) is 29.6 Å². The smallest absolute Gasteiger partial charge is 0.230 e. The number of thiazole rings is 1. The molecule has 1 heterocycles. The molecule has 0 saturated heterocycles. The Morgan fingerprint density at radius 3 is 3.00 bits per heavy atom. The van der Waals surface area contributed by atoms with Gasteiger partial charge in [-0.3, -0.25) is 9.69 Å². The number of nitrogens with zero attached hydrogens (tertiary/aromatic N) is 3. The van der Waals surface area contributed by atoms with Gasteiger partial charge in [-0.25, -0.2) is 4.98 Å². The molecule has 7 heteroatoms. The van der Waals surface area contributed by atoms with Gasteiger partial charge in [0.05, 0.1) is 17.6 Å². The summed E-state index contributed by atoms with van der Waals surface area (Å²) in [6.07, 6.45) is 1.48. The van der Waals surface area contributed by atoms with E-state index in [2.05, 4.69) is 15.0 Å². The summed E-state index contributed by atoms with van der Waals surface area (Å²) in [5.74, 6) is -0.142. The van der Waals surface area contributed by atoms with Crippen LogP contribution in [0.15, 0.2) is 34.8 Å². The molecule has 0 aliphatic carbocycles. The van der Waals surface area contributed by atoms with E-state index in [1.165, 1.54) is 36.5 Å². The van der Waals surface area contributed by atoms with Crippen LogP contribution in [0.3, 0.4) is 0 Å². The highest BCUT2D eigenvalue weighted by Gasteiger charge is 2.17. The maximum atomic E-state index is 11.9. The van der Waals surface area contributed by atoms with Crippen molar-refractivity contribution >= 4 is 45.9 Å². The number of amides is 1. The zero-order valence-corrected chi connectivity index (χ0v) is 12.5. The van der Waals surface area contributed by atoms with Crippen molar-refractivity contribution in [1.29, 1.82) is 0 Å². The minimum absolute atomic E-state index is 0.142. The number of aromatic nitrogens is 1. The fourth-order valence-electron chi connectivity index (χ4n) is 1.59. The second kappa shape index (κ2) is 6.49. The topological polar surface area (TPSA) is 54.8 Å². The van der Waals surface area contributed by atoms with E-state index in [9.17, 15) is 4.79 Å². The predicted molar refractivity (Wildman–Crippen MR) is 81.0 cm³/mol. The van der Waals surface area contributed by atoms with Crippen LogP contribution in [0.25, 0.3) is 0 Å². The van der Waals surface area contributed by atoms with Crippen molar-refractivity contribution in [3.63, 3.8) is 0 Å². The zero-order chi connectivity index (χ0) is 14.5. The molecule has 104 valence electrons. The van der Waals surface area contributed by atoms with E-state index < -0.39 is 0 Å². The average molecular weight is 310 g/mol. The van der Waals surface area contributed by atoms with Crippen LogP contribution in [0.5, 0.6) is 0 Å². The molecule has 0 N–H and O–H groups in total. The van der Waals surface area contributed by atoms with Crippen molar-refractivity contribution < 1.29 is 9.63 Å². The number of hydrogen-bond donors (Lipinski definition) is 0. The third-order valence-electron chi connectivity index (χ3n) is 2.37. The van der Waals surface area contributed by atoms with E-state index in [-0.39, 0.29) is 5.91 Å². The largest absolute Gasteiger partial charge is 0.399 e. The zero-order valence-electron chi connectivity index (χ0n) is 10.9. The molecule has 1 amide bonds. The fourth-order valence-corrected chi connectivity index (χ4v) is 2.61. The maximum absolute atomic E-state index is 11.9. The van der Waals surface area contributed by atoms with Crippen LogP contribution in [0.4, 0.5) is 10.8 Å². The summed E-state index contributed by atoms with van der Waals surface area (Å²) in [4.78, 5) is 22.3. The lowest BCUT2D eigenvalue weighted by Crippen LogP contribution is -2.22. The van der Waals surface area contributed by atoms with E-state index in [0.29, 0.717) is 21.5 Å². The molecular weight excluding hydrogens is 298 g/mol. The summed E-state index contributed by atoms with van der Waals surface area (Å²) in [7, 11) is 1.46. The molecule has 0 atom stereocenters. The highest BCUT2D eigenvalue weighted by atomic mass is 35.5. The lowest BCUT2D eigenvalue weighted by atomic mass is 10.3. The fraction of sp³-hybridized carbons (Fsp3) is 0.154. The Kier molecular flexibility index (Phi) is 4.70. The highest BCUT2D eigenvalue weighted by Crippen LogP contribution is 2.30. The van der Waals surface area contributed by atoms with Crippen molar-refractivity contribution in [3.05, 3.63) is 40.4 Å². The molecule has 2 rings (SSSR count). The first-order valence-corrected chi connectivity index (χ1v) is 6.96. The number of carbonyl (C=O) groups is 1. The van der Waals surface area contributed by atoms with Gasteiger partial charge >= 0.3 is 0 Å². The average Bonchev–Trinajstić information content (AvgIpc) is 2.84. The van der Waals surface area contributed by atoms with Crippen LogP contribution in [-0.4, -0.2) is 24.2 Å². The molecule has 5 nitrogen and oxygen atoms in total. The minimum Gasteiger partial charge on any atom is -0.399 e.